The summed E-state index contributed by atoms with van der Waals surface area (Å²) in [6.45, 7) is 4.27. The minimum atomic E-state index is -4.15. The summed E-state index contributed by atoms with van der Waals surface area (Å²) in [4.78, 5) is 16.5. The third-order valence-corrected chi connectivity index (χ3v) is 7.60. The van der Waals surface area contributed by atoms with Gasteiger partial charge in [-0.15, -0.1) is 0 Å². The van der Waals surface area contributed by atoms with Crippen molar-refractivity contribution >= 4 is 28.7 Å². The van der Waals surface area contributed by atoms with E-state index in [4.69, 9.17) is 9.47 Å². The van der Waals surface area contributed by atoms with E-state index in [-0.39, 0.29) is 42.0 Å². The van der Waals surface area contributed by atoms with Crippen LogP contribution in [0.2, 0.25) is 0 Å². The Morgan fingerprint density at radius 2 is 1.95 bits per heavy atom. The fourth-order valence-corrected chi connectivity index (χ4v) is 5.47. The number of aliphatic hydroxyl groups excluding tert-OH is 1. The van der Waals surface area contributed by atoms with Gasteiger partial charge in [-0.05, 0) is 24.0 Å². The van der Waals surface area contributed by atoms with E-state index in [0.29, 0.717) is 19.6 Å². The topological polar surface area (TPSA) is 159 Å². The van der Waals surface area contributed by atoms with E-state index in [2.05, 4.69) is 10.3 Å². The molecular formula is C24H34BN3O8S. The Bertz CT molecular complexity index is 1100. The fourth-order valence-electron chi connectivity index (χ4n) is 3.94. The molecule has 0 saturated carbocycles. The Kier molecular flexibility index (Phi) is 10.4. The molecule has 0 aliphatic carbocycles. The van der Waals surface area contributed by atoms with Crippen LogP contribution >= 0.6 is 0 Å². The molecule has 202 valence electrons. The summed E-state index contributed by atoms with van der Waals surface area (Å²) in [6.07, 6.45) is -0.468. The average Bonchev–Trinajstić information content (AvgIpc) is 3.36. The SMILES string of the molecule is CC(C)CN(C[C@@H](O)[C@H](Cc1ccccc1)NC(=O)O[C@H]1CCOC1)S(=O)(=O)c1ccc(B(O)O)cn1. The van der Waals surface area contributed by atoms with Gasteiger partial charge in [-0.25, -0.2) is 18.2 Å². The summed E-state index contributed by atoms with van der Waals surface area (Å²) in [6, 6.07) is 10.8. The molecule has 4 N–H and O–H groups in total. The number of aliphatic hydroxyl groups is 1. The lowest BCUT2D eigenvalue weighted by Gasteiger charge is -2.30. The lowest BCUT2D eigenvalue weighted by molar-refractivity contribution is 0.0643. The average molecular weight is 535 g/mol. The molecule has 1 saturated heterocycles. The Labute approximate surface area is 217 Å². The second-order valence-corrected chi connectivity index (χ2v) is 11.3. The Morgan fingerprint density at radius 1 is 1.22 bits per heavy atom. The van der Waals surface area contributed by atoms with E-state index >= 15 is 0 Å². The molecule has 3 atom stereocenters. The summed E-state index contributed by atoms with van der Waals surface area (Å²) in [7, 11) is -5.93. The first-order valence-electron chi connectivity index (χ1n) is 12.2. The standard InChI is InChI=1S/C24H34BN3O8S/c1-17(2)14-28(37(33,34)23-9-8-19(13-26-23)25(31)32)15-22(29)21(12-18-6-4-3-5-7-18)27-24(30)36-20-10-11-35-16-20/h3-9,13,17,20-22,29,31-32H,10-12,14-16H2,1-2H3,(H,27,30)/t20-,21-,22+/m0/s1. The van der Waals surface area contributed by atoms with E-state index < -0.39 is 35.4 Å². The third kappa shape index (κ3) is 8.49. The van der Waals surface area contributed by atoms with E-state index in [0.717, 1.165) is 16.1 Å². The van der Waals surface area contributed by atoms with E-state index in [1.54, 1.807) is 0 Å². The number of carbonyl (C=O) groups is 1. The number of sulfonamides is 1. The van der Waals surface area contributed by atoms with Gasteiger partial charge in [0, 0.05) is 31.2 Å². The molecule has 0 bridgehead atoms. The molecule has 13 heteroatoms. The highest BCUT2D eigenvalue weighted by atomic mass is 32.2. The van der Waals surface area contributed by atoms with Crippen molar-refractivity contribution < 1.29 is 37.8 Å². The summed E-state index contributed by atoms with van der Waals surface area (Å²) in [5.41, 5.74) is 0.891. The molecule has 0 unspecified atom stereocenters. The van der Waals surface area contributed by atoms with Crippen LogP contribution in [0.4, 0.5) is 4.79 Å². The summed E-state index contributed by atoms with van der Waals surface area (Å²) in [5, 5.41) is 32.2. The number of nitrogens with zero attached hydrogens (tertiary/aromatic N) is 2. The van der Waals surface area contributed by atoms with Crippen LogP contribution in [0.5, 0.6) is 0 Å². The van der Waals surface area contributed by atoms with Crippen molar-refractivity contribution in [2.45, 2.75) is 50.0 Å². The molecule has 1 aliphatic rings. The van der Waals surface area contributed by atoms with Gasteiger partial charge in [0.15, 0.2) is 5.03 Å². The minimum absolute atomic E-state index is 0.0488. The molecule has 0 spiro atoms. The van der Waals surface area contributed by atoms with Gasteiger partial charge >= 0.3 is 13.2 Å². The zero-order valence-electron chi connectivity index (χ0n) is 20.9. The number of hydrogen-bond acceptors (Lipinski definition) is 9. The number of benzene rings is 1. The van der Waals surface area contributed by atoms with Crippen LogP contribution in [0.25, 0.3) is 0 Å². The summed E-state index contributed by atoms with van der Waals surface area (Å²) in [5.74, 6) is -0.0756. The molecule has 0 radical (unpaired) electrons. The van der Waals surface area contributed by atoms with Crippen molar-refractivity contribution in [2.24, 2.45) is 5.92 Å². The second kappa shape index (κ2) is 13.3. The van der Waals surface area contributed by atoms with Crippen molar-refractivity contribution in [3.05, 3.63) is 54.2 Å². The van der Waals surface area contributed by atoms with Gasteiger partial charge in [-0.3, -0.25) is 0 Å². The zero-order chi connectivity index (χ0) is 27.0. The Morgan fingerprint density at radius 3 is 2.51 bits per heavy atom. The van der Waals surface area contributed by atoms with Crippen molar-refractivity contribution in [2.75, 3.05) is 26.3 Å². The first kappa shape index (κ1) is 29.0. The molecule has 1 aliphatic heterocycles. The molecule has 3 rings (SSSR count). The van der Waals surface area contributed by atoms with Crippen molar-refractivity contribution in [1.82, 2.24) is 14.6 Å². The number of alkyl carbamates (subject to hydrolysis) is 1. The Balaban J connectivity index is 1.81. The van der Waals surface area contributed by atoms with Crippen molar-refractivity contribution in [3.63, 3.8) is 0 Å². The van der Waals surface area contributed by atoms with Gasteiger partial charge in [-0.1, -0.05) is 50.2 Å². The van der Waals surface area contributed by atoms with Gasteiger partial charge < -0.3 is 29.9 Å². The fraction of sp³-hybridized carbons (Fsp3) is 0.500. The normalized spacial score (nSPS) is 17.5. The molecular weight excluding hydrogens is 501 g/mol. The molecule has 1 fully saturated rings. The maximum Gasteiger partial charge on any atom is 0.490 e. The quantitative estimate of drug-likeness (QED) is 0.272. The highest BCUT2D eigenvalue weighted by molar-refractivity contribution is 7.89. The first-order valence-corrected chi connectivity index (χ1v) is 13.6. The number of ether oxygens (including phenoxy) is 2. The summed E-state index contributed by atoms with van der Waals surface area (Å²) < 4.78 is 38.6. The lowest BCUT2D eigenvalue weighted by Crippen LogP contribution is -2.51. The van der Waals surface area contributed by atoms with Gasteiger partial charge in [0.1, 0.15) is 6.10 Å². The van der Waals surface area contributed by atoms with Crippen LogP contribution in [0, 0.1) is 5.92 Å². The smallest absolute Gasteiger partial charge is 0.444 e. The van der Waals surface area contributed by atoms with Gasteiger partial charge in [0.05, 0.1) is 25.4 Å². The molecule has 2 heterocycles. The predicted molar refractivity (Wildman–Crippen MR) is 136 cm³/mol. The minimum Gasteiger partial charge on any atom is -0.444 e. The van der Waals surface area contributed by atoms with Gasteiger partial charge in [0.2, 0.25) is 0 Å². The largest absolute Gasteiger partial charge is 0.490 e. The monoisotopic (exact) mass is 535 g/mol. The number of hydrogen-bond donors (Lipinski definition) is 4. The molecule has 1 amide bonds. The van der Waals surface area contributed by atoms with Crippen LogP contribution in [-0.4, -0.2) is 90.6 Å². The summed E-state index contributed by atoms with van der Waals surface area (Å²) >= 11 is 0. The van der Waals surface area contributed by atoms with E-state index in [1.807, 2.05) is 44.2 Å². The zero-order valence-corrected chi connectivity index (χ0v) is 21.8. The van der Waals surface area contributed by atoms with Crippen molar-refractivity contribution in [3.8, 4) is 0 Å². The Hall–Kier alpha value is -2.55. The molecule has 2 aromatic rings. The number of aromatic nitrogens is 1. The highest BCUT2D eigenvalue weighted by Gasteiger charge is 2.33. The van der Waals surface area contributed by atoms with Crippen LogP contribution in [0.15, 0.2) is 53.7 Å². The molecule has 1 aromatic carbocycles. The van der Waals surface area contributed by atoms with Crippen LogP contribution in [-0.2, 0) is 25.9 Å². The number of amides is 1. The lowest BCUT2D eigenvalue weighted by atomic mass is 9.82. The van der Waals surface area contributed by atoms with E-state index in [1.165, 1.54) is 12.1 Å². The number of carbonyl (C=O) groups excluding carboxylic acids is 1. The van der Waals surface area contributed by atoms with Crippen molar-refractivity contribution in [1.29, 1.82) is 0 Å². The molecule has 11 nitrogen and oxygen atoms in total. The first-order chi connectivity index (χ1) is 17.6. The number of nitrogens with one attached hydrogen (secondary N) is 1. The van der Waals surface area contributed by atoms with E-state index in [9.17, 15) is 28.4 Å². The third-order valence-electron chi connectivity index (χ3n) is 5.85. The number of rotatable bonds is 12. The van der Waals surface area contributed by atoms with Crippen LogP contribution < -0.4 is 10.8 Å². The van der Waals surface area contributed by atoms with Crippen LogP contribution in [0.1, 0.15) is 25.8 Å². The molecule has 37 heavy (non-hydrogen) atoms. The van der Waals surface area contributed by atoms with Gasteiger partial charge in [-0.2, -0.15) is 4.31 Å². The maximum atomic E-state index is 13.4. The van der Waals surface area contributed by atoms with Crippen LogP contribution in [0.3, 0.4) is 0 Å². The maximum absolute atomic E-state index is 13.4. The highest BCUT2D eigenvalue weighted by Crippen LogP contribution is 2.18. The van der Waals surface area contributed by atoms with Gasteiger partial charge in [0.25, 0.3) is 10.0 Å². The second-order valence-electron chi connectivity index (χ2n) is 9.42. The molecule has 1 aromatic heterocycles. The predicted octanol–water partition coefficient (Wildman–Crippen LogP) is -0.105. The number of pyridine rings is 1.